The van der Waals surface area contributed by atoms with Gasteiger partial charge in [0, 0.05) is 24.2 Å². The van der Waals surface area contributed by atoms with Crippen molar-refractivity contribution in [1.29, 1.82) is 0 Å². The van der Waals surface area contributed by atoms with Crippen LogP contribution >= 0.6 is 0 Å². The molecule has 1 amide bonds. The molecule has 3 aromatic rings. The molecule has 1 fully saturated rings. The van der Waals surface area contributed by atoms with Crippen molar-refractivity contribution in [3.05, 3.63) is 64.9 Å². The predicted octanol–water partition coefficient (Wildman–Crippen LogP) is 3.59. The minimum absolute atomic E-state index is 0.0602. The molecule has 6 nitrogen and oxygen atoms in total. The first-order chi connectivity index (χ1) is 14.5. The summed E-state index contributed by atoms with van der Waals surface area (Å²) >= 11 is 0. The molecular weight excluding hydrogens is 395 g/mol. The van der Waals surface area contributed by atoms with Crippen molar-refractivity contribution in [2.75, 3.05) is 0 Å². The van der Waals surface area contributed by atoms with E-state index in [0.717, 1.165) is 42.7 Å². The van der Waals surface area contributed by atoms with E-state index in [1.54, 1.807) is 17.8 Å². The molecule has 4 heterocycles. The molecule has 5 rings (SSSR count). The summed E-state index contributed by atoms with van der Waals surface area (Å²) in [5.41, 5.74) is 2.83. The van der Waals surface area contributed by atoms with Crippen molar-refractivity contribution < 1.29 is 18.0 Å². The van der Waals surface area contributed by atoms with Gasteiger partial charge < -0.3 is 4.90 Å². The van der Waals surface area contributed by atoms with Gasteiger partial charge in [-0.3, -0.25) is 9.48 Å². The lowest BCUT2D eigenvalue weighted by molar-refractivity contribution is 0.0391. The molecular formula is C21H18F3N5O. The Morgan fingerprint density at radius 1 is 1.13 bits per heavy atom. The van der Waals surface area contributed by atoms with Crippen LogP contribution in [0.5, 0.6) is 0 Å². The monoisotopic (exact) mass is 413 g/mol. The molecule has 2 bridgehead atoms. The predicted molar refractivity (Wildman–Crippen MR) is 101 cm³/mol. The highest BCUT2D eigenvalue weighted by Gasteiger charge is 2.43. The average molecular weight is 413 g/mol. The number of carbonyl (C=O) groups excluding carboxylic acids is 1. The van der Waals surface area contributed by atoms with Crippen LogP contribution in [0.2, 0.25) is 0 Å². The largest absolute Gasteiger partial charge is 0.327 e. The van der Waals surface area contributed by atoms with Crippen molar-refractivity contribution in [3.8, 4) is 11.3 Å². The molecule has 0 spiro atoms. The maximum atomic E-state index is 13.9. The Labute approximate surface area is 170 Å². The maximum Gasteiger partial charge on any atom is 0.256 e. The van der Waals surface area contributed by atoms with E-state index >= 15 is 0 Å². The molecule has 0 unspecified atom stereocenters. The number of nitrogens with zero attached hydrogens (tertiary/aromatic N) is 5. The summed E-state index contributed by atoms with van der Waals surface area (Å²) in [7, 11) is 1.69. The number of benzene rings is 1. The standard InChI is InChI=1S/C21H18F3N5O/c1-28-20(12-7-15(22)18(24)16(23)8-12)14-9-13-3-2-4-17(19(14)27-28)29(13)21(30)11-5-6-25-26-10-11/h5-8,10,13,17H,2-4,9H2,1H3/t13-,17+/m1/s1. The Bertz CT molecular complexity index is 1120. The first-order valence-electron chi connectivity index (χ1n) is 9.75. The van der Waals surface area contributed by atoms with Crippen LogP contribution in [0.4, 0.5) is 13.2 Å². The molecule has 0 radical (unpaired) electrons. The number of halogens is 3. The molecule has 154 valence electrons. The number of hydrogen-bond donors (Lipinski definition) is 0. The van der Waals surface area contributed by atoms with E-state index in [2.05, 4.69) is 15.3 Å². The van der Waals surface area contributed by atoms with Gasteiger partial charge in [-0.25, -0.2) is 13.2 Å². The van der Waals surface area contributed by atoms with E-state index in [9.17, 15) is 18.0 Å². The molecule has 2 aliphatic rings. The summed E-state index contributed by atoms with van der Waals surface area (Å²) in [5.74, 6) is -4.10. The van der Waals surface area contributed by atoms with E-state index < -0.39 is 17.5 Å². The van der Waals surface area contributed by atoms with Gasteiger partial charge in [-0.05, 0) is 43.9 Å². The van der Waals surface area contributed by atoms with Gasteiger partial charge in [-0.1, -0.05) is 0 Å². The molecule has 2 aromatic heterocycles. The second-order valence-corrected chi connectivity index (χ2v) is 7.74. The summed E-state index contributed by atoms with van der Waals surface area (Å²) in [6.07, 6.45) is 5.96. The first-order valence-corrected chi connectivity index (χ1v) is 9.75. The fraction of sp³-hybridized carbons (Fsp3) is 0.333. The van der Waals surface area contributed by atoms with Crippen LogP contribution in [0.15, 0.2) is 30.6 Å². The van der Waals surface area contributed by atoms with Crippen molar-refractivity contribution >= 4 is 5.91 Å². The van der Waals surface area contributed by atoms with Crippen LogP contribution < -0.4 is 0 Å². The summed E-state index contributed by atoms with van der Waals surface area (Å²) in [5, 5.41) is 12.1. The number of rotatable bonds is 2. The summed E-state index contributed by atoms with van der Waals surface area (Å²) in [6, 6.07) is 3.32. The van der Waals surface area contributed by atoms with E-state index in [1.165, 1.54) is 12.4 Å². The third kappa shape index (κ3) is 2.79. The molecule has 0 saturated carbocycles. The van der Waals surface area contributed by atoms with Gasteiger partial charge in [0.1, 0.15) is 0 Å². The average Bonchev–Trinajstić information content (AvgIpc) is 3.07. The normalized spacial score (nSPS) is 20.2. The fourth-order valence-electron chi connectivity index (χ4n) is 4.77. The lowest BCUT2D eigenvalue weighted by atomic mass is 9.81. The third-order valence-corrected chi connectivity index (χ3v) is 6.00. The summed E-state index contributed by atoms with van der Waals surface area (Å²) in [6.45, 7) is 0. The van der Waals surface area contributed by atoms with Gasteiger partial charge in [0.25, 0.3) is 5.91 Å². The fourth-order valence-corrected chi connectivity index (χ4v) is 4.77. The smallest absolute Gasteiger partial charge is 0.256 e. The Hall–Kier alpha value is -3.23. The van der Waals surface area contributed by atoms with Crippen molar-refractivity contribution in [3.63, 3.8) is 0 Å². The zero-order valence-electron chi connectivity index (χ0n) is 16.1. The van der Waals surface area contributed by atoms with Crippen molar-refractivity contribution in [2.24, 2.45) is 7.05 Å². The van der Waals surface area contributed by atoms with Crippen LogP contribution in [-0.2, 0) is 13.5 Å². The summed E-state index contributed by atoms with van der Waals surface area (Å²) < 4.78 is 42.8. The topological polar surface area (TPSA) is 63.9 Å². The molecule has 1 aromatic carbocycles. The summed E-state index contributed by atoms with van der Waals surface area (Å²) in [4.78, 5) is 15.0. The molecule has 1 saturated heterocycles. The Morgan fingerprint density at radius 3 is 2.60 bits per heavy atom. The lowest BCUT2D eigenvalue weighted by Crippen LogP contribution is -2.49. The number of fused-ring (bicyclic) bond motifs is 4. The molecule has 0 N–H and O–H groups in total. The van der Waals surface area contributed by atoms with Crippen molar-refractivity contribution in [2.45, 2.75) is 37.8 Å². The van der Waals surface area contributed by atoms with Crippen molar-refractivity contribution in [1.82, 2.24) is 24.9 Å². The van der Waals surface area contributed by atoms with E-state index in [-0.39, 0.29) is 23.6 Å². The zero-order chi connectivity index (χ0) is 21.0. The van der Waals surface area contributed by atoms with E-state index in [4.69, 9.17) is 0 Å². The Morgan fingerprint density at radius 2 is 1.90 bits per heavy atom. The minimum atomic E-state index is -1.49. The minimum Gasteiger partial charge on any atom is -0.327 e. The van der Waals surface area contributed by atoms with Crippen LogP contribution in [0.3, 0.4) is 0 Å². The second kappa shape index (κ2) is 6.93. The first kappa shape index (κ1) is 18.8. The number of aryl methyl sites for hydroxylation is 1. The zero-order valence-corrected chi connectivity index (χ0v) is 16.1. The molecule has 0 aliphatic carbocycles. The van der Waals surface area contributed by atoms with E-state index in [1.807, 2.05) is 4.90 Å². The van der Waals surface area contributed by atoms with Crippen LogP contribution in [0, 0.1) is 17.5 Å². The van der Waals surface area contributed by atoms with Gasteiger partial charge in [-0.15, -0.1) is 0 Å². The van der Waals surface area contributed by atoms with Crippen LogP contribution in [0.25, 0.3) is 11.3 Å². The van der Waals surface area contributed by atoms with Gasteiger partial charge in [0.05, 0.1) is 35.4 Å². The third-order valence-electron chi connectivity index (χ3n) is 6.00. The quantitative estimate of drug-likeness (QED) is 0.603. The van der Waals surface area contributed by atoms with Gasteiger partial charge in [0.2, 0.25) is 0 Å². The SMILES string of the molecule is Cn1nc2c(c1-c1cc(F)c(F)c(F)c1)C[C@H]1CCC[C@@H]2N1C(=O)c1ccnnc1. The number of hydrogen-bond acceptors (Lipinski definition) is 4. The highest BCUT2D eigenvalue weighted by Crippen LogP contribution is 2.45. The van der Waals surface area contributed by atoms with Gasteiger partial charge in [-0.2, -0.15) is 15.3 Å². The highest BCUT2D eigenvalue weighted by atomic mass is 19.2. The molecule has 9 heteroatoms. The molecule has 2 aliphatic heterocycles. The molecule has 30 heavy (non-hydrogen) atoms. The Kier molecular flexibility index (Phi) is 4.34. The Balaban J connectivity index is 1.60. The number of piperidine rings is 1. The van der Waals surface area contributed by atoms with Crippen LogP contribution in [0.1, 0.15) is 46.9 Å². The number of carbonyl (C=O) groups is 1. The van der Waals surface area contributed by atoms with Crippen LogP contribution in [-0.4, -0.2) is 36.8 Å². The van der Waals surface area contributed by atoms with Gasteiger partial charge >= 0.3 is 0 Å². The second-order valence-electron chi connectivity index (χ2n) is 7.74. The molecule has 2 atom stereocenters. The lowest BCUT2D eigenvalue weighted by Gasteiger charge is -2.45. The number of amides is 1. The highest BCUT2D eigenvalue weighted by molar-refractivity contribution is 5.94. The number of aromatic nitrogens is 4. The maximum absolute atomic E-state index is 13.9. The van der Waals surface area contributed by atoms with Gasteiger partial charge in [0.15, 0.2) is 17.5 Å². The van der Waals surface area contributed by atoms with E-state index in [0.29, 0.717) is 17.7 Å².